The monoisotopic (exact) mass is 319 g/mol. The number of nitrogens with one attached hydrogen (secondary N) is 1. The van der Waals surface area contributed by atoms with E-state index < -0.39 is 0 Å². The van der Waals surface area contributed by atoms with Gasteiger partial charge >= 0.3 is 0 Å². The van der Waals surface area contributed by atoms with Crippen LogP contribution in [-0.4, -0.2) is 22.9 Å². The van der Waals surface area contributed by atoms with Crippen molar-refractivity contribution in [1.82, 2.24) is 5.32 Å². The van der Waals surface area contributed by atoms with Crippen LogP contribution in [0.3, 0.4) is 0 Å². The van der Waals surface area contributed by atoms with Crippen LogP contribution >= 0.6 is 27.5 Å². The highest BCUT2D eigenvalue weighted by atomic mass is 79.9. The van der Waals surface area contributed by atoms with E-state index in [-0.39, 0.29) is 17.2 Å². The molecule has 1 unspecified atom stereocenters. The summed E-state index contributed by atoms with van der Waals surface area (Å²) >= 11 is 9.05. The van der Waals surface area contributed by atoms with Crippen LogP contribution in [0.2, 0.25) is 5.02 Å². The highest BCUT2D eigenvalue weighted by Crippen LogP contribution is 2.21. The number of phenols is 1. The summed E-state index contributed by atoms with van der Waals surface area (Å²) in [5.74, 6) is 0.0245. The Balaban J connectivity index is 2.58. The van der Waals surface area contributed by atoms with Gasteiger partial charge in [-0.2, -0.15) is 0 Å². The van der Waals surface area contributed by atoms with Crippen LogP contribution in [0.4, 0.5) is 0 Å². The standard InChI is InChI=1S/C12H15BrClNO2/c1-8(4-5-13)7-15-12(17)10-3-2-9(14)6-11(10)16/h2-3,6,8,16H,4-5,7H2,1H3,(H,15,17). The first-order chi connectivity index (χ1) is 8.04. The highest BCUT2D eigenvalue weighted by molar-refractivity contribution is 9.09. The first-order valence-electron chi connectivity index (χ1n) is 5.37. The minimum Gasteiger partial charge on any atom is -0.507 e. The van der Waals surface area contributed by atoms with Crippen LogP contribution in [0.5, 0.6) is 5.75 Å². The van der Waals surface area contributed by atoms with Crippen molar-refractivity contribution in [3.05, 3.63) is 28.8 Å². The minimum atomic E-state index is -0.277. The number of rotatable bonds is 5. The number of benzene rings is 1. The fourth-order valence-corrected chi connectivity index (χ4v) is 2.30. The Hall–Kier alpha value is -0.740. The summed E-state index contributed by atoms with van der Waals surface area (Å²) in [5.41, 5.74) is 0.250. The molecule has 0 radical (unpaired) electrons. The smallest absolute Gasteiger partial charge is 0.255 e. The van der Waals surface area contributed by atoms with Crippen LogP contribution in [0, 0.1) is 5.92 Å². The largest absolute Gasteiger partial charge is 0.507 e. The predicted octanol–water partition coefficient (Wildman–Crippen LogP) is 3.20. The van der Waals surface area contributed by atoms with Gasteiger partial charge in [0.15, 0.2) is 0 Å². The summed E-state index contributed by atoms with van der Waals surface area (Å²) in [6, 6.07) is 4.46. The summed E-state index contributed by atoms with van der Waals surface area (Å²) in [5, 5.41) is 13.7. The maximum atomic E-state index is 11.8. The van der Waals surface area contributed by atoms with Crippen molar-refractivity contribution in [2.24, 2.45) is 5.92 Å². The number of amides is 1. The topological polar surface area (TPSA) is 49.3 Å². The second-order valence-electron chi connectivity index (χ2n) is 3.95. The molecule has 0 spiro atoms. The van der Waals surface area contributed by atoms with Gasteiger partial charge in [-0.3, -0.25) is 4.79 Å². The van der Waals surface area contributed by atoms with Crippen LogP contribution < -0.4 is 5.32 Å². The molecule has 0 saturated carbocycles. The van der Waals surface area contributed by atoms with E-state index in [0.717, 1.165) is 11.8 Å². The molecule has 1 rings (SSSR count). The van der Waals surface area contributed by atoms with E-state index in [1.807, 2.05) is 0 Å². The van der Waals surface area contributed by atoms with Crippen molar-refractivity contribution in [2.45, 2.75) is 13.3 Å². The molecule has 0 aliphatic rings. The van der Waals surface area contributed by atoms with Crippen molar-refractivity contribution >= 4 is 33.4 Å². The molecule has 2 N–H and O–H groups in total. The van der Waals surface area contributed by atoms with Gasteiger partial charge in [0.1, 0.15) is 5.75 Å². The molecule has 0 aromatic heterocycles. The van der Waals surface area contributed by atoms with Gasteiger partial charge in [-0.1, -0.05) is 34.5 Å². The second-order valence-corrected chi connectivity index (χ2v) is 5.18. The lowest BCUT2D eigenvalue weighted by molar-refractivity contribution is 0.0945. The normalized spacial score (nSPS) is 12.2. The third kappa shape index (κ3) is 4.56. The van der Waals surface area contributed by atoms with Crippen molar-refractivity contribution in [3.63, 3.8) is 0 Å². The first-order valence-corrected chi connectivity index (χ1v) is 6.87. The molecule has 0 bridgehead atoms. The molecular weight excluding hydrogens is 305 g/mol. The summed E-state index contributed by atoms with van der Waals surface area (Å²) in [4.78, 5) is 11.8. The molecule has 94 valence electrons. The Bertz CT molecular complexity index is 398. The Morgan fingerprint density at radius 1 is 1.59 bits per heavy atom. The number of halogens is 2. The van der Waals surface area contributed by atoms with E-state index in [1.165, 1.54) is 12.1 Å². The molecule has 17 heavy (non-hydrogen) atoms. The minimum absolute atomic E-state index is 0.0943. The van der Waals surface area contributed by atoms with Gasteiger partial charge in [0.05, 0.1) is 5.56 Å². The number of hydrogen-bond donors (Lipinski definition) is 2. The van der Waals surface area contributed by atoms with Gasteiger partial charge in [-0.15, -0.1) is 0 Å². The molecule has 1 amide bonds. The molecule has 1 aromatic rings. The van der Waals surface area contributed by atoms with Crippen molar-refractivity contribution < 1.29 is 9.90 Å². The van der Waals surface area contributed by atoms with Gasteiger partial charge in [0, 0.05) is 16.9 Å². The third-order valence-corrected chi connectivity index (χ3v) is 3.11. The summed E-state index contributed by atoms with van der Waals surface area (Å²) in [7, 11) is 0. The summed E-state index contributed by atoms with van der Waals surface area (Å²) < 4.78 is 0. The fraction of sp³-hybridized carbons (Fsp3) is 0.417. The average molecular weight is 321 g/mol. The number of hydrogen-bond acceptors (Lipinski definition) is 2. The molecular formula is C12H15BrClNO2. The predicted molar refractivity (Wildman–Crippen MR) is 73.0 cm³/mol. The average Bonchev–Trinajstić information content (AvgIpc) is 2.26. The molecule has 0 saturated heterocycles. The lowest BCUT2D eigenvalue weighted by Crippen LogP contribution is -2.28. The van der Waals surface area contributed by atoms with Crippen LogP contribution in [0.25, 0.3) is 0 Å². The van der Waals surface area contributed by atoms with Crippen LogP contribution in [0.1, 0.15) is 23.7 Å². The third-order valence-electron chi connectivity index (χ3n) is 2.42. The maximum Gasteiger partial charge on any atom is 0.255 e. The van der Waals surface area contributed by atoms with E-state index in [1.54, 1.807) is 6.07 Å². The van der Waals surface area contributed by atoms with Crippen molar-refractivity contribution in [1.29, 1.82) is 0 Å². The summed E-state index contributed by atoms with van der Waals surface area (Å²) in [6.45, 7) is 2.65. The van der Waals surface area contributed by atoms with Gasteiger partial charge in [-0.05, 0) is 30.5 Å². The SMILES string of the molecule is CC(CCBr)CNC(=O)c1ccc(Cl)cc1O. The van der Waals surface area contributed by atoms with Gasteiger partial charge in [-0.25, -0.2) is 0 Å². The van der Waals surface area contributed by atoms with Crippen LogP contribution in [0.15, 0.2) is 18.2 Å². The maximum absolute atomic E-state index is 11.8. The number of carbonyl (C=O) groups excluding carboxylic acids is 1. The zero-order valence-corrected chi connectivity index (χ0v) is 11.9. The van der Waals surface area contributed by atoms with E-state index in [4.69, 9.17) is 11.6 Å². The molecule has 1 aromatic carbocycles. The zero-order valence-electron chi connectivity index (χ0n) is 9.54. The summed E-state index contributed by atoms with van der Waals surface area (Å²) in [6.07, 6.45) is 0.993. The Morgan fingerprint density at radius 2 is 2.29 bits per heavy atom. The molecule has 5 heteroatoms. The first kappa shape index (κ1) is 14.3. The quantitative estimate of drug-likeness (QED) is 0.819. The molecule has 1 atom stereocenters. The molecule has 0 fully saturated rings. The van der Waals surface area contributed by atoms with E-state index >= 15 is 0 Å². The number of aromatic hydroxyl groups is 1. The van der Waals surface area contributed by atoms with Crippen molar-refractivity contribution in [3.8, 4) is 5.75 Å². The van der Waals surface area contributed by atoms with E-state index in [9.17, 15) is 9.90 Å². The zero-order chi connectivity index (χ0) is 12.8. The number of alkyl halides is 1. The Labute approximate surface area is 114 Å². The van der Waals surface area contributed by atoms with Gasteiger partial charge < -0.3 is 10.4 Å². The number of phenolic OH excluding ortho intramolecular Hbond substituents is 1. The second kappa shape index (κ2) is 6.87. The van der Waals surface area contributed by atoms with Gasteiger partial charge in [0.25, 0.3) is 5.91 Å². The molecule has 0 aliphatic carbocycles. The van der Waals surface area contributed by atoms with E-state index in [0.29, 0.717) is 17.5 Å². The molecule has 0 aliphatic heterocycles. The number of carbonyl (C=O) groups is 1. The van der Waals surface area contributed by atoms with Crippen LogP contribution in [-0.2, 0) is 0 Å². The molecule has 0 heterocycles. The van der Waals surface area contributed by atoms with E-state index in [2.05, 4.69) is 28.2 Å². The lowest BCUT2D eigenvalue weighted by atomic mass is 10.1. The fourth-order valence-electron chi connectivity index (χ4n) is 1.35. The Morgan fingerprint density at radius 3 is 2.88 bits per heavy atom. The van der Waals surface area contributed by atoms with Gasteiger partial charge in [0.2, 0.25) is 0 Å². The lowest BCUT2D eigenvalue weighted by Gasteiger charge is -2.11. The molecule has 3 nitrogen and oxygen atoms in total. The highest BCUT2D eigenvalue weighted by Gasteiger charge is 2.12. The van der Waals surface area contributed by atoms with Crippen molar-refractivity contribution in [2.75, 3.05) is 11.9 Å². The Kier molecular flexibility index (Phi) is 5.78.